The quantitative estimate of drug-likeness (QED) is 0.679. The van der Waals surface area contributed by atoms with Crippen LogP contribution in [0.3, 0.4) is 0 Å². The fourth-order valence-electron chi connectivity index (χ4n) is 4.01. The van der Waals surface area contributed by atoms with Crippen LogP contribution in [0.15, 0.2) is 42.2 Å². The van der Waals surface area contributed by atoms with Gasteiger partial charge < -0.3 is 9.47 Å². The van der Waals surface area contributed by atoms with Crippen LogP contribution < -0.4 is 9.47 Å². The highest BCUT2D eigenvalue weighted by Gasteiger charge is 2.38. The number of hydrogen-bond acceptors (Lipinski definition) is 6. The van der Waals surface area contributed by atoms with Crippen molar-refractivity contribution in [1.29, 1.82) is 0 Å². The summed E-state index contributed by atoms with van der Waals surface area (Å²) in [5.74, 6) is 1.49. The van der Waals surface area contributed by atoms with Gasteiger partial charge in [-0.1, -0.05) is 29.8 Å². The molecule has 0 radical (unpaired) electrons. The predicted molar refractivity (Wildman–Crippen MR) is 109 cm³/mol. The first kappa shape index (κ1) is 18.7. The van der Waals surface area contributed by atoms with Gasteiger partial charge in [-0.3, -0.25) is 9.69 Å². The first-order valence-electron chi connectivity index (χ1n) is 9.33. The Kier molecular flexibility index (Phi) is 4.42. The van der Waals surface area contributed by atoms with Crippen LogP contribution in [0.2, 0.25) is 5.02 Å². The zero-order chi connectivity index (χ0) is 20.2. The Morgan fingerprint density at radius 2 is 2.00 bits per heavy atom. The number of carbonyl (C=O) groups is 1. The Hall–Kier alpha value is -2.35. The third-order valence-electron chi connectivity index (χ3n) is 5.56. The van der Waals surface area contributed by atoms with Crippen LogP contribution >= 0.6 is 11.6 Å². The summed E-state index contributed by atoms with van der Waals surface area (Å²) in [6, 6.07) is 10.6. The molecular weight excluding hydrogens is 414 g/mol. The first-order chi connectivity index (χ1) is 13.9. The number of nitrogens with zero attached hydrogens (tertiary/aromatic N) is 1. The van der Waals surface area contributed by atoms with Gasteiger partial charge in [-0.2, -0.15) is 0 Å². The largest absolute Gasteiger partial charge is 0.478 e. The van der Waals surface area contributed by atoms with Crippen molar-refractivity contribution in [2.24, 2.45) is 0 Å². The molecule has 0 spiro atoms. The van der Waals surface area contributed by atoms with Gasteiger partial charge in [0.05, 0.1) is 22.6 Å². The summed E-state index contributed by atoms with van der Waals surface area (Å²) in [4.78, 5) is 14.8. The molecule has 6 nitrogen and oxygen atoms in total. The van der Waals surface area contributed by atoms with Gasteiger partial charge in [-0.25, -0.2) is 8.42 Å². The van der Waals surface area contributed by atoms with Crippen molar-refractivity contribution in [3.8, 4) is 11.5 Å². The van der Waals surface area contributed by atoms with Crippen molar-refractivity contribution in [2.45, 2.75) is 19.0 Å². The smallest absolute Gasteiger partial charge is 0.231 e. The van der Waals surface area contributed by atoms with Gasteiger partial charge in [0, 0.05) is 17.6 Å². The molecule has 2 aromatic rings. The molecule has 29 heavy (non-hydrogen) atoms. The van der Waals surface area contributed by atoms with Crippen molar-refractivity contribution < 1.29 is 22.7 Å². The van der Waals surface area contributed by atoms with E-state index in [1.807, 2.05) is 23.1 Å². The maximum atomic E-state index is 12.9. The van der Waals surface area contributed by atoms with Crippen molar-refractivity contribution >= 4 is 33.3 Å². The van der Waals surface area contributed by atoms with E-state index in [9.17, 15) is 13.2 Å². The number of hydrogen-bond donors (Lipinski definition) is 0. The summed E-state index contributed by atoms with van der Waals surface area (Å²) in [5, 5.41) is 0.534. The summed E-state index contributed by atoms with van der Waals surface area (Å²) in [6.45, 7) is 0.799. The van der Waals surface area contributed by atoms with Crippen molar-refractivity contribution in [3.63, 3.8) is 0 Å². The molecule has 3 heterocycles. The molecule has 0 bridgehead atoms. The first-order valence-corrected chi connectivity index (χ1v) is 11.5. The van der Waals surface area contributed by atoms with Crippen molar-refractivity contribution in [3.05, 3.63) is 63.9 Å². The van der Waals surface area contributed by atoms with E-state index in [4.69, 9.17) is 21.1 Å². The van der Waals surface area contributed by atoms with Gasteiger partial charge >= 0.3 is 0 Å². The van der Waals surface area contributed by atoms with Gasteiger partial charge in [0.2, 0.25) is 5.78 Å². The lowest BCUT2D eigenvalue weighted by atomic mass is 10.0. The van der Waals surface area contributed by atoms with Gasteiger partial charge in [0.1, 0.15) is 18.2 Å². The van der Waals surface area contributed by atoms with Crippen LogP contribution in [0.4, 0.5) is 0 Å². The topological polar surface area (TPSA) is 72.9 Å². The van der Waals surface area contributed by atoms with Crippen molar-refractivity contribution in [2.75, 3.05) is 18.2 Å². The van der Waals surface area contributed by atoms with Crippen LogP contribution in [0, 0.1) is 0 Å². The minimum atomic E-state index is -2.99. The van der Waals surface area contributed by atoms with Crippen LogP contribution in [0.1, 0.15) is 27.9 Å². The molecular formula is C21H18ClNO5S. The van der Waals surface area contributed by atoms with E-state index < -0.39 is 9.84 Å². The second-order valence-corrected chi connectivity index (χ2v) is 10.1. The van der Waals surface area contributed by atoms with E-state index in [0.717, 1.165) is 5.56 Å². The molecule has 0 amide bonds. The highest BCUT2D eigenvalue weighted by atomic mass is 35.5. The molecule has 1 unspecified atom stereocenters. The lowest BCUT2D eigenvalue weighted by Gasteiger charge is -2.33. The number of ether oxygens (including phenoxy) is 2. The number of Topliss-reactive ketones (excluding diaryl/α,β-unsaturated/α-hetero) is 1. The minimum Gasteiger partial charge on any atom is -0.478 e. The summed E-state index contributed by atoms with van der Waals surface area (Å²) in [6.07, 6.45) is 2.23. The number of halogens is 1. The summed E-state index contributed by atoms with van der Waals surface area (Å²) < 4.78 is 35.5. The molecule has 8 heteroatoms. The second-order valence-electron chi connectivity index (χ2n) is 7.46. The third-order valence-corrected chi connectivity index (χ3v) is 7.66. The normalized spacial score (nSPS) is 24.1. The van der Waals surface area contributed by atoms with Crippen molar-refractivity contribution in [1.82, 2.24) is 4.90 Å². The number of fused-ring (bicyclic) bond motifs is 3. The van der Waals surface area contributed by atoms with E-state index in [1.54, 1.807) is 24.3 Å². The van der Waals surface area contributed by atoms with Gasteiger partial charge in [-0.15, -0.1) is 0 Å². The van der Waals surface area contributed by atoms with E-state index >= 15 is 0 Å². The van der Waals surface area contributed by atoms with Gasteiger partial charge in [-0.05, 0) is 36.3 Å². The third kappa shape index (κ3) is 3.33. The molecule has 1 fully saturated rings. The molecule has 0 N–H and O–H groups in total. The van der Waals surface area contributed by atoms with Crippen LogP contribution in [0.25, 0.3) is 6.08 Å². The molecule has 2 aromatic carbocycles. The number of rotatable bonds is 2. The van der Waals surface area contributed by atoms with E-state index in [0.29, 0.717) is 47.3 Å². The lowest BCUT2D eigenvalue weighted by molar-refractivity contribution is 0.0634. The Morgan fingerprint density at radius 1 is 1.17 bits per heavy atom. The second kappa shape index (κ2) is 6.86. The zero-order valence-electron chi connectivity index (χ0n) is 15.4. The maximum Gasteiger partial charge on any atom is 0.231 e. The number of carbonyl (C=O) groups excluding carboxylic acids is 1. The summed E-state index contributed by atoms with van der Waals surface area (Å²) in [5.41, 5.74) is 1.95. The van der Waals surface area contributed by atoms with Gasteiger partial charge in [0.15, 0.2) is 15.6 Å². The molecule has 5 rings (SSSR count). The molecule has 3 aliphatic heterocycles. The number of benzene rings is 2. The number of ketones is 1. The summed E-state index contributed by atoms with van der Waals surface area (Å²) in [7, 11) is -2.99. The molecule has 1 saturated heterocycles. The average molecular weight is 432 g/mol. The summed E-state index contributed by atoms with van der Waals surface area (Å²) >= 11 is 6.20. The van der Waals surface area contributed by atoms with E-state index in [-0.39, 0.29) is 29.1 Å². The fourth-order valence-corrected chi connectivity index (χ4v) is 5.96. The molecule has 3 aliphatic rings. The SMILES string of the molecule is O=C1/C(=C\c2ccccc2Cl)Oc2c1ccc1c2CN(C2CCS(=O)(=O)C2)CO1. The molecule has 0 saturated carbocycles. The Morgan fingerprint density at radius 3 is 2.76 bits per heavy atom. The predicted octanol–water partition coefficient (Wildman–Crippen LogP) is 3.30. The van der Waals surface area contributed by atoms with Crippen LogP contribution in [-0.2, 0) is 16.4 Å². The lowest BCUT2D eigenvalue weighted by Crippen LogP contribution is -2.41. The van der Waals surface area contributed by atoms with Crippen LogP contribution in [0.5, 0.6) is 11.5 Å². The standard InChI is InChI=1S/C21H18ClNO5S/c22-17-4-2-1-3-13(17)9-19-20(24)15-5-6-18-16(21(15)28-19)10-23(12-27-18)14-7-8-29(25,26)11-14/h1-6,9,14H,7-8,10-12H2/b19-9+. The maximum absolute atomic E-state index is 12.9. The number of allylic oxidation sites excluding steroid dienone is 1. The van der Waals surface area contributed by atoms with Gasteiger partial charge in [0.25, 0.3) is 0 Å². The van der Waals surface area contributed by atoms with Crippen LogP contribution in [-0.4, -0.2) is 43.4 Å². The molecule has 1 atom stereocenters. The Labute approximate surface area is 173 Å². The Balaban J connectivity index is 1.47. The average Bonchev–Trinajstić information content (AvgIpc) is 3.23. The Bertz CT molecular complexity index is 1160. The van der Waals surface area contributed by atoms with E-state index in [2.05, 4.69) is 0 Å². The highest BCUT2D eigenvalue weighted by Crippen LogP contribution is 2.43. The minimum absolute atomic E-state index is 0.0840. The monoisotopic (exact) mass is 431 g/mol. The molecule has 0 aliphatic carbocycles. The highest BCUT2D eigenvalue weighted by molar-refractivity contribution is 7.91. The molecule has 150 valence electrons. The molecule has 0 aromatic heterocycles. The number of sulfone groups is 1. The zero-order valence-corrected chi connectivity index (χ0v) is 17.0. The fraction of sp³-hybridized carbons (Fsp3) is 0.286. The van der Waals surface area contributed by atoms with E-state index in [1.165, 1.54) is 0 Å².